The molecule has 0 radical (unpaired) electrons. The van der Waals surface area contributed by atoms with E-state index in [1.165, 1.54) is 36.0 Å². The monoisotopic (exact) mass is 426 g/mol. The standard InChI is InChI=1S/C23H23F5S/c1-2-14-11-12-22(29-17-6-3-15(4-7-17)23(26,27)28)16(13-14)5-8-18-19(24)9-10-20(25)21(18)22/h3-4,6-7,9-10,14,16H,2,5,8,11-13H2,1H3/t14-,16?,22+/m1/s1. The molecule has 29 heavy (non-hydrogen) atoms. The molecule has 0 nitrogen and oxygen atoms in total. The van der Waals surface area contributed by atoms with Crippen LogP contribution in [-0.4, -0.2) is 0 Å². The first-order valence-electron chi connectivity index (χ1n) is 10.1. The second-order valence-electron chi connectivity index (χ2n) is 8.18. The summed E-state index contributed by atoms with van der Waals surface area (Å²) in [5.74, 6) is -0.0536. The molecule has 3 atom stereocenters. The molecule has 0 aliphatic heterocycles. The molecule has 0 amide bonds. The third kappa shape index (κ3) is 3.69. The second-order valence-corrected chi connectivity index (χ2v) is 9.58. The third-order valence-corrected chi connectivity index (χ3v) is 8.24. The van der Waals surface area contributed by atoms with Crippen molar-refractivity contribution >= 4 is 11.8 Å². The zero-order valence-corrected chi connectivity index (χ0v) is 17.0. The van der Waals surface area contributed by atoms with Gasteiger partial charge in [-0.2, -0.15) is 13.2 Å². The van der Waals surface area contributed by atoms with Crippen LogP contribution in [0.25, 0.3) is 0 Å². The SMILES string of the molecule is CC[C@@H]1CC[C@@]2(Sc3ccc(C(F)(F)F)cc3)c3c(F)ccc(F)c3CCC2C1. The molecule has 4 rings (SSSR count). The highest BCUT2D eigenvalue weighted by Crippen LogP contribution is 2.60. The zero-order valence-electron chi connectivity index (χ0n) is 16.2. The minimum absolute atomic E-state index is 0.178. The van der Waals surface area contributed by atoms with Crippen LogP contribution in [0.4, 0.5) is 22.0 Å². The van der Waals surface area contributed by atoms with Crippen LogP contribution in [0.2, 0.25) is 0 Å². The first-order chi connectivity index (χ1) is 13.7. The van der Waals surface area contributed by atoms with E-state index in [0.29, 0.717) is 34.8 Å². The highest BCUT2D eigenvalue weighted by Gasteiger charge is 2.50. The van der Waals surface area contributed by atoms with E-state index in [1.54, 1.807) is 0 Å². The molecule has 0 N–H and O–H groups in total. The van der Waals surface area contributed by atoms with Crippen molar-refractivity contribution in [3.63, 3.8) is 0 Å². The number of benzene rings is 2. The van der Waals surface area contributed by atoms with Gasteiger partial charge in [0.15, 0.2) is 0 Å². The molecule has 1 unspecified atom stereocenters. The highest BCUT2D eigenvalue weighted by molar-refractivity contribution is 8.00. The van der Waals surface area contributed by atoms with E-state index in [1.807, 2.05) is 0 Å². The van der Waals surface area contributed by atoms with E-state index >= 15 is 4.39 Å². The van der Waals surface area contributed by atoms with E-state index in [9.17, 15) is 17.6 Å². The lowest BCUT2D eigenvalue weighted by atomic mass is 9.64. The minimum Gasteiger partial charge on any atom is -0.207 e. The minimum atomic E-state index is -4.39. The Morgan fingerprint density at radius 1 is 1.00 bits per heavy atom. The predicted molar refractivity (Wildman–Crippen MR) is 105 cm³/mol. The molecular weight excluding hydrogens is 403 g/mol. The molecule has 0 heterocycles. The average Bonchev–Trinajstić information content (AvgIpc) is 2.69. The van der Waals surface area contributed by atoms with Gasteiger partial charge >= 0.3 is 6.18 Å². The summed E-state index contributed by atoms with van der Waals surface area (Å²) in [5.41, 5.74) is 0.177. The van der Waals surface area contributed by atoms with Crippen LogP contribution in [0.5, 0.6) is 0 Å². The summed E-state index contributed by atoms with van der Waals surface area (Å²) < 4.78 is 67.7. The Kier molecular flexibility index (Phi) is 5.43. The lowest BCUT2D eigenvalue weighted by Gasteiger charge is -2.50. The summed E-state index contributed by atoms with van der Waals surface area (Å²) in [5, 5.41) is 0. The molecule has 2 aliphatic rings. The summed E-state index contributed by atoms with van der Waals surface area (Å²) in [6, 6.07) is 7.42. The summed E-state index contributed by atoms with van der Waals surface area (Å²) in [7, 11) is 0. The molecule has 2 aromatic carbocycles. The maximum atomic E-state index is 15.0. The molecule has 0 aromatic heterocycles. The molecule has 156 valence electrons. The van der Waals surface area contributed by atoms with Crippen molar-refractivity contribution in [3.05, 3.63) is 64.7 Å². The van der Waals surface area contributed by atoms with E-state index in [0.717, 1.165) is 37.8 Å². The van der Waals surface area contributed by atoms with Gasteiger partial charge in [0.1, 0.15) is 11.6 Å². The molecule has 0 bridgehead atoms. The van der Waals surface area contributed by atoms with Crippen molar-refractivity contribution in [2.24, 2.45) is 11.8 Å². The van der Waals surface area contributed by atoms with Gasteiger partial charge in [0.05, 0.1) is 10.3 Å². The Morgan fingerprint density at radius 2 is 1.69 bits per heavy atom. The number of hydrogen-bond donors (Lipinski definition) is 0. The molecule has 1 fully saturated rings. The van der Waals surface area contributed by atoms with Crippen molar-refractivity contribution in [1.29, 1.82) is 0 Å². The summed E-state index contributed by atoms with van der Waals surface area (Å²) in [6.45, 7) is 2.15. The predicted octanol–water partition coefficient (Wildman–Crippen LogP) is 7.74. The summed E-state index contributed by atoms with van der Waals surface area (Å²) >= 11 is 1.42. The molecular formula is C23H23F5S. The van der Waals surface area contributed by atoms with E-state index in [-0.39, 0.29) is 11.7 Å². The van der Waals surface area contributed by atoms with E-state index < -0.39 is 22.3 Å². The van der Waals surface area contributed by atoms with Crippen LogP contribution in [0.1, 0.15) is 55.7 Å². The van der Waals surface area contributed by atoms with Gasteiger partial charge in [-0.15, -0.1) is 11.8 Å². The average molecular weight is 426 g/mol. The molecule has 6 heteroatoms. The fourth-order valence-corrected chi connectivity index (χ4v) is 6.72. The maximum Gasteiger partial charge on any atom is 0.416 e. The molecule has 0 spiro atoms. The van der Waals surface area contributed by atoms with Crippen LogP contribution in [-0.2, 0) is 17.3 Å². The van der Waals surface area contributed by atoms with Crippen LogP contribution >= 0.6 is 11.8 Å². The van der Waals surface area contributed by atoms with Crippen LogP contribution in [0.3, 0.4) is 0 Å². The van der Waals surface area contributed by atoms with E-state index in [2.05, 4.69) is 6.92 Å². The number of hydrogen-bond acceptors (Lipinski definition) is 1. The quantitative estimate of drug-likeness (QED) is 0.452. The van der Waals surface area contributed by atoms with Gasteiger partial charge in [-0.25, -0.2) is 8.78 Å². The Hall–Kier alpha value is -1.56. The molecule has 2 aliphatic carbocycles. The fourth-order valence-electron chi connectivity index (χ4n) is 5.11. The van der Waals surface area contributed by atoms with Crippen molar-refractivity contribution < 1.29 is 22.0 Å². The Bertz CT molecular complexity index is 889. The molecule has 0 saturated heterocycles. The van der Waals surface area contributed by atoms with Crippen molar-refractivity contribution in [2.75, 3.05) is 0 Å². The largest absolute Gasteiger partial charge is 0.416 e. The number of fused-ring (bicyclic) bond motifs is 3. The topological polar surface area (TPSA) is 0 Å². The van der Waals surface area contributed by atoms with Gasteiger partial charge in [0.25, 0.3) is 0 Å². The number of halogens is 5. The van der Waals surface area contributed by atoms with E-state index in [4.69, 9.17) is 0 Å². The van der Waals surface area contributed by atoms with Crippen molar-refractivity contribution in [3.8, 4) is 0 Å². The number of alkyl halides is 3. The maximum absolute atomic E-state index is 15.0. The second kappa shape index (κ2) is 7.60. The van der Waals surface area contributed by atoms with Crippen molar-refractivity contribution in [1.82, 2.24) is 0 Å². The van der Waals surface area contributed by atoms with Gasteiger partial charge in [-0.3, -0.25) is 0 Å². The van der Waals surface area contributed by atoms with Gasteiger partial charge < -0.3 is 0 Å². The van der Waals surface area contributed by atoms with Gasteiger partial charge in [-0.05, 0) is 85.9 Å². The molecule has 1 saturated carbocycles. The normalized spacial score (nSPS) is 26.7. The van der Waals surface area contributed by atoms with Crippen LogP contribution in [0, 0.1) is 23.5 Å². The first-order valence-corrected chi connectivity index (χ1v) is 10.9. The Morgan fingerprint density at radius 3 is 2.34 bits per heavy atom. The summed E-state index contributed by atoms with van der Waals surface area (Å²) in [4.78, 5) is 0.662. The van der Waals surface area contributed by atoms with Crippen LogP contribution in [0.15, 0.2) is 41.3 Å². The Labute approximate surface area is 171 Å². The third-order valence-electron chi connectivity index (χ3n) is 6.63. The summed E-state index contributed by atoms with van der Waals surface area (Å²) in [6.07, 6.45) is 0.504. The number of rotatable bonds is 3. The first kappa shape index (κ1) is 20.7. The van der Waals surface area contributed by atoms with Gasteiger partial charge in [-0.1, -0.05) is 13.3 Å². The van der Waals surface area contributed by atoms with Crippen LogP contribution < -0.4 is 0 Å². The Balaban J connectivity index is 1.78. The molecule has 2 aromatic rings. The van der Waals surface area contributed by atoms with Gasteiger partial charge in [0.2, 0.25) is 0 Å². The fraction of sp³-hybridized carbons (Fsp3) is 0.478. The number of thioether (sulfide) groups is 1. The zero-order chi connectivity index (χ0) is 20.8. The lowest BCUT2D eigenvalue weighted by molar-refractivity contribution is -0.137. The lowest BCUT2D eigenvalue weighted by Crippen LogP contribution is -2.42. The highest BCUT2D eigenvalue weighted by atomic mass is 32.2. The van der Waals surface area contributed by atoms with Gasteiger partial charge in [0, 0.05) is 10.5 Å². The smallest absolute Gasteiger partial charge is 0.207 e. The van der Waals surface area contributed by atoms with Crippen molar-refractivity contribution in [2.45, 2.75) is 61.3 Å².